The van der Waals surface area contributed by atoms with E-state index < -0.39 is 24.1 Å². The fourth-order valence-electron chi connectivity index (χ4n) is 1.66. The van der Waals surface area contributed by atoms with Crippen LogP contribution >= 0.6 is 22.6 Å². The fourth-order valence-corrected chi connectivity index (χ4v) is 2.10. The molecule has 0 amide bonds. The first kappa shape index (κ1) is 12.0. The maximum Gasteiger partial charge on any atom is 0.349 e. The molecule has 1 fully saturated rings. The van der Waals surface area contributed by atoms with E-state index >= 15 is 0 Å². The smallest absolute Gasteiger partial charge is 0.349 e. The third-order valence-electron chi connectivity index (χ3n) is 2.48. The van der Waals surface area contributed by atoms with Gasteiger partial charge in [0.2, 0.25) is 0 Å². The highest BCUT2D eigenvalue weighted by atomic mass is 127. The standard InChI is InChI=1S/C9H11IN2O4/c10-5-2-11-9(15)12(3-5)8-1-6(14)7(4-13)16-8/h2-3,6-8,13-14H,1,4H2/t6-,7+,8-/m0/s1. The topological polar surface area (TPSA) is 84.6 Å². The Kier molecular flexibility index (Phi) is 3.57. The number of aliphatic hydroxyl groups is 2. The molecule has 0 saturated carbocycles. The van der Waals surface area contributed by atoms with Crippen LogP contribution in [-0.2, 0) is 4.74 Å². The van der Waals surface area contributed by atoms with Crippen LogP contribution in [0, 0.1) is 3.57 Å². The molecule has 1 aliphatic heterocycles. The minimum absolute atomic E-state index is 0.260. The van der Waals surface area contributed by atoms with Gasteiger partial charge in [0.15, 0.2) is 0 Å². The van der Waals surface area contributed by atoms with E-state index in [1.165, 1.54) is 10.8 Å². The van der Waals surface area contributed by atoms with E-state index in [4.69, 9.17) is 9.84 Å². The first-order valence-electron chi connectivity index (χ1n) is 4.80. The molecule has 1 aromatic heterocycles. The summed E-state index contributed by atoms with van der Waals surface area (Å²) in [6.45, 7) is -0.260. The Bertz CT molecular complexity index is 436. The molecule has 1 saturated heterocycles. The number of halogens is 1. The Morgan fingerprint density at radius 1 is 1.69 bits per heavy atom. The lowest BCUT2D eigenvalue weighted by Crippen LogP contribution is -2.27. The van der Waals surface area contributed by atoms with Crippen molar-refractivity contribution in [2.24, 2.45) is 0 Å². The van der Waals surface area contributed by atoms with E-state index in [9.17, 15) is 9.90 Å². The van der Waals surface area contributed by atoms with Gasteiger partial charge in [0.05, 0.1) is 12.7 Å². The van der Waals surface area contributed by atoms with Crippen molar-refractivity contribution in [3.63, 3.8) is 0 Å². The largest absolute Gasteiger partial charge is 0.394 e. The molecule has 88 valence electrons. The fraction of sp³-hybridized carbons (Fsp3) is 0.556. The van der Waals surface area contributed by atoms with E-state index in [0.717, 1.165) is 3.57 Å². The zero-order chi connectivity index (χ0) is 11.7. The van der Waals surface area contributed by atoms with Gasteiger partial charge in [-0.05, 0) is 22.6 Å². The predicted molar refractivity (Wildman–Crippen MR) is 62.8 cm³/mol. The second kappa shape index (κ2) is 4.78. The van der Waals surface area contributed by atoms with Crippen LogP contribution in [0.25, 0.3) is 0 Å². The van der Waals surface area contributed by atoms with Crippen molar-refractivity contribution in [2.75, 3.05) is 6.61 Å². The molecular weight excluding hydrogens is 327 g/mol. The zero-order valence-electron chi connectivity index (χ0n) is 8.28. The molecule has 1 aromatic rings. The van der Waals surface area contributed by atoms with E-state index in [1.807, 2.05) is 22.6 Å². The zero-order valence-corrected chi connectivity index (χ0v) is 10.4. The number of nitrogens with zero attached hydrogens (tertiary/aromatic N) is 2. The molecule has 3 atom stereocenters. The average Bonchev–Trinajstić information content (AvgIpc) is 2.63. The lowest BCUT2D eigenvalue weighted by molar-refractivity contribution is -0.0459. The van der Waals surface area contributed by atoms with Gasteiger partial charge in [0.25, 0.3) is 0 Å². The van der Waals surface area contributed by atoms with Gasteiger partial charge in [0, 0.05) is 22.4 Å². The number of hydrogen-bond donors (Lipinski definition) is 2. The van der Waals surface area contributed by atoms with Gasteiger partial charge < -0.3 is 14.9 Å². The van der Waals surface area contributed by atoms with E-state index in [2.05, 4.69) is 4.98 Å². The molecule has 0 aliphatic carbocycles. The number of ether oxygens (including phenoxy) is 1. The summed E-state index contributed by atoms with van der Waals surface area (Å²) in [7, 11) is 0. The van der Waals surface area contributed by atoms with Crippen LogP contribution in [0.4, 0.5) is 0 Å². The number of hydrogen-bond acceptors (Lipinski definition) is 5. The Morgan fingerprint density at radius 3 is 3.06 bits per heavy atom. The summed E-state index contributed by atoms with van der Waals surface area (Å²) in [5, 5.41) is 18.5. The van der Waals surface area contributed by atoms with Crippen LogP contribution in [0.3, 0.4) is 0 Å². The third kappa shape index (κ3) is 2.26. The van der Waals surface area contributed by atoms with E-state index in [0.29, 0.717) is 0 Å². The Balaban J connectivity index is 2.26. The summed E-state index contributed by atoms with van der Waals surface area (Å²) in [6, 6.07) is 0. The second-order valence-corrected chi connectivity index (χ2v) is 4.82. The maximum absolute atomic E-state index is 11.5. The SMILES string of the molecule is O=c1ncc(I)cn1[C@@H]1C[C@H](O)[C@@H](CO)O1. The lowest BCUT2D eigenvalue weighted by Gasteiger charge is -2.14. The van der Waals surface area contributed by atoms with Crippen molar-refractivity contribution >= 4 is 22.6 Å². The minimum atomic E-state index is -0.750. The summed E-state index contributed by atoms with van der Waals surface area (Å²) in [4.78, 5) is 15.2. The Morgan fingerprint density at radius 2 is 2.44 bits per heavy atom. The quantitative estimate of drug-likeness (QED) is 0.710. The monoisotopic (exact) mass is 338 g/mol. The number of aromatic nitrogens is 2. The van der Waals surface area contributed by atoms with Gasteiger partial charge in [-0.2, -0.15) is 0 Å². The molecule has 2 N–H and O–H groups in total. The lowest BCUT2D eigenvalue weighted by atomic mass is 10.2. The van der Waals surface area contributed by atoms with Crippen LogP contribution < -0.4 is 5.69 Å². The molecule has 16 heavy (non-hydrogen) atoms. The molecule has 0 unspecified atom stereocenters. The number of aliphatic hydroxyl groups excluding tert-OH is 2. The molecule has 6 nitrogen and oxygen atoms in total. The van der Waals surface area contributed by atoms with Gasteiger partial charge in [-0.3, -0.25) is 4.57 Å². The van der Waals surface area contributed by atoms with Crippen molar-refractivity contribution in [3.8, 4) is 0 Å². The van der Waals surface area contributed by atoms with Crippen LogP contribution in [0.2, 0.25) is 0 Å². The maximum atomic E-state index is 11.5. The van der Waals surface area contributed by atoms with Crippen molar-refractivity contribution in [2.45, 2.75) is 24.9 Å². The van der Waals surface area contributed by atoms with Crippen molar-refractivity contribution in [3.05, 3.63) is 26.4 Å². The summed E-state index contributed by atoms with van der Waals surface area (Å²) in [5.74, 6) is 0. The van der Waals surface area contributed by atoms with Crippen LogP contribution in [0.1, 0.15) is 12.6 Å². The van der Waals surface area contributed by atoms with Gasteiger partial charge in [-0.15, -0.1) is 0 Å². The average molecular weight is 338 g/mol. The highest BCUT2D eigenvalue weighted by Gasteiger charge is 2.34. The highest BCUT2D eigenvalue weighted by molar-refractivity contribution is 14.1. The first-order chi connectivity index (χ1) is 7.61. The Hall–Kier alpha value is -0.510. The summed E-state index contributed by atoms with van der Waals surface area (Å²) >= 11 is 2.04. The van der Waals surface area contributed by atoms with Crippen LogP contribution in [0.5, 0.6) is 0 Å². The van der Waals surface area contributed by atoms with Gasteiger partial charge >= 0.3 is 5.69 Å². The highest BCUT2D eigenvalue weighted by Crippen LogP contribution is 2.27. The summed E-state index contributed by atoms with van der Waals surface area (Å²) in [6.07, 6.45) is 1.44. The first-order valence-corrected chi connectivity index (χ1v) is 5.87. The van der Waals surface area contributed by atoms with Crippen LogP contribution in [-0.4, -0.2) is 38.6 Å². The summed E-state index contributed by atoms with van der Waals surface area (Å²) < 4.78 is 7.51. The van der Waals surface area contributed by atoms with E-state index in [-0.39, 0.29) is 13.0 Å². The molecule has 0 aromatic carbocycles. The molecule has 0 bridgehead atoms. The molecule has 1 aliphatic rings. The van der Waals surface area contributed by atoms with Gasteiger partial charge in [0.1, 0.15) is 12.3 Å². The molecule has 7 heteroatoms. The van der Waals surface area contributed by atoms with Crippen LogP contribution in [0.15, 0.2) is 17.2 Å². The minimum Gasteiger partial charge on any atom is -0.394 e. The number of rotatable bonds is 2. The summed E-state index contributed by atoms with van der Waals surface area (Å²) in [5.41, 5.74) is -0.420. The molecule has 0 spiro atoms. The second-order valence-electron chi connectivity index (χ2n) is 3.58. The normalized spacial score (nSPS) is 29.6. The van der Waals surface area contributed by atoms with Gasteiger partial charge in [-0.25, -0.2) is 9.78 Å². The third-order valence-corrected chi connectivity index (χ3v) is 3.03. The van der Waals surface area contributed by atoms with Crippen molar-refractivity contribution in [1.29, 1.82) is 0 Å². The Labute approximate surface area is 105 Å². The molecule has 2 rings (SSSR count). The molecule has 0 radical (unpaired) electrons. The van der Waals surface area contributed by atoms with Gasteiger partial charge in [-0.1, -0.05) is 0 Å². The van der Waals surface area contributed by atoms with Crippen molar-refractivity contribution < 1.29 is 14.9 Å². The molecular formula is C9H11IN2O4. The van der Waals surface area contributed by atoms with E-state index in [1.54, 1.807) is 6.20 Å². The van der Waals surface area contributed by atoms with Crippen molar-refractivity contribution in [1.82, 2.24) is 9.55 Å². The predicted octanol–water partition coefficient (Wildman–Crippen LogP) is -0.511. The molecule has 2 heterocycles.